The highest BCUT2D eigenvalue weighted by Crippen LogP contribution is 2.51. The molecule has 0 saturated carbocycles. The van der Waals surface area contributed by atoms with Crippen LogP contribution in [0.3, 0.4) is 0 Å². The van der Waals surface area contributed by atoms with Crippen molar-refractivity contribution in [3.05, 3.63) is 151 Å². The van der Waals surface area contributed by atoms with Gasteiger partial charge >= 0.3 is 0 Å². The molecule has 0 spiro atoms. The van der Waals surface area contributed by atoms with Gasteiger partial charge in [0, 0.05) is 38.3 Å². The van der Waals surface area contributed by atoms with E-state index < -0.39 is 0 Å². The summed E-state index contributed by atoms with van der Waals surface area (Å²) in [5, 5.41) is 7.12. The van der Waals surface area contributed by atoms with E-state index in [1.165, 1.54) is 65.7 Å². The predicted octanol–water partition coefficient (Wildman–Crippen LogP) is 11.9. The minimum atomic E-state index is -0.104. The number of aromatic nitrogens is 2. The smallest absolute Gasteiger partial charge is 0.182 e. The second kappa shape index (κ2) is 9.02. The molecule has 48 heavy (non-hydrogen) atoms. The van der Waals surface area contributed by atoms with Gasteiger partial charge in [-0.1, -0.05) is 98.8 Å². The van der Waals surface area contributed by atoms with Gasteiger partial charge in [-0.3, -0.25) is 0 Å². The van der Waals surface area contributed by atoms with Gasteiger partial charge < -0.3 is 13.7 Å². The number of hydrogen-bond donors (Lipinski definition) is 0. The van der Waals surface area contributed by atoms with Gasteiger partial charge in [0.15, 0.2) is 12.0 Å². The molecule has 0 atom stereocenters. The van der Waals surface area contributed by atoms with Crippen molar-refractivity contribution >= 4 is 77.0 Å². The number of anilines is 3. The van der Waals surface area contributed by atoms with Crippen molar-refractivity contribution in [1.29, 1.82) is 0 Å². The summed E-state index contributed by atoms with van der Waals surface area (Å²) in [5.41, 5.74) is 14.0. The second-order valence-electron chi connectivity index (χ2n) is 13.6. The van der Waals surface area contributed by atoms with Gasteiger partial charge in [0.25, 0.3) is 0 Å². The van der Waals surface area contributed by atoms with Crippen LogP contribution in [0.5, 0.6) is 0 Å². The number of benzene rings is 7. The highest BCUT2D eigenvalue weighted by molar-refractivity contribution is 6.30. The van der Waals surface area contributed by atoms with Crippen molar-refractivity contribution in [2.24, 2.45) is 0 Å². The number of fused-ring (bicyclic) bond motifs is 12. The fourth-order valence-corrected chi connectivity index (χ4v) is 8.67. The molecule has 3 heterocycles. The van der Waals surface area contributed by atoms with E-state index in [2.05, 4.69) is 162 Å². The van der Waals surface area contributed by atoms with Crippen LogP contribution in [0.25, 0.3) is 71.1 Å². The van der Waals surface area contributed by atoms with Crippen molar-refractivity contribution in [2.75, 3.05) is 4.90 Å². The predicted molar refractivity (Wildman–Crippen MR) is 198 cm³/mol. The Morgan fingerprint density at radius 1 is 0.604 bits per heavy atom. The Labute approximate surface area is 276 Å². The fraction of sp³-hybridized carbons (Fsp3) is 0.0682. The molecule has 0 aliphatic heterocycles. The van der Waals surface area contributed by atoms with Gasteiger partial charge in [-0.05, 0) is 76.2 Å². The first-order valence-corrected chi connectivity index (χ1v) is 16.5. The lowest BCUT2D eigenvalue weighted by Gasteiger charge is -2.29. The lowest BCUT2D eigenvalue weighted by atomic mass is 9.82. The SMILES string of the molecule is CC1(C)c2ccccc2-c2ccc(N(c3ccc4c(c3)c3cc5ncoc5c5c6ccccc6n4c35)c3cccc4ccccc34)cc21. The molecule has 0 fully saturated rings. The highest BCUT2D eigenvalue weighted by atomic mass is 16.3. The zero-order chi connectivity index (χ0) is 31.7. The van der Waals surface area contributed by atoms with E-state index in [9.17, 15) is 0 Å². The molecule has 0 bridgehead atoms. The van der Waals surface area contributed by atoms with Crippen LogP contribution in [0.15, 0.2) is 144 Å². The van der Waals surface area contributed by atoms with Crippen LogP contribution >= 0.6 is 0 Å². The lowest BCUT2D eigenvalue weighted by Crippen LogP contribution is -2.16. The molecule has 3 aromatic heterocycles. The zero-order valence-corrected chi connectivity index (χ0v) is 26.5. The van der Waals surface area contributed by atoms with Crippen LogP contribution in [0.2, 0.25) is 0 Å². The summed E-state index contributed by atoms with van der Waals surface area (Å²) < 4.78 is 8.40. The van der Waals surface area contributed by atoms with Crippen molar-refractivity contribution in [2.45, 2.75) is 19.3 Å². The molecule has 0 unspecified atom stereocenters. The normalized spacial score (nSPS) is 13.8. The quantitative estimate of drug-likeness (QED) is 0.198. The fourth-order valence-electron chi connectivity index (χ4n) is 8.67. The third kappa shape index (κ3) is 3.22. The summed E-state index contributed by atoms with van der Waals surface area (Å²) in [7, 11) is 0. The molecule has 0 amide bonds. The van der Waals surface area contributed by atoms with Crippen molar-refractivity contribution in [3.8, 4) is 11.1 Å². The molecule has 226 valence electrons. The third-order valence-electron chi connectivity index (χ3n) is 10.8. The number of para-hydroxylation sites is 1. The second-order valence-corrected chi connectivity index (χ2v) is 13.6. The summed E-state index contributed by atoms with van der Waals surface area (Å²) in [4.78, 5) is 7.07. The van der Waals surface area contributed by atoms with Crippen molar-refractivity contribution in [3.63, 3.8) is 0 Å². The maximum Gasteiger partial charge on any atom is 0.182 e. The number of rotatable bonds is 3. The number of hydrogen-bond acceptors (Lipinski definition) is 3. The average Bonchev–Trinajstić information content (AvgIpc) is 3.87. The summed E-state index contributed by atoms with van der Waals surface area (Å²) in [6.07, 6.45) is 1.56. The molecule has 1 aliphatic carbocycles. The highest BCUT2D eigenvalue weighted by Gasteiger charge is 2.36. The van der Waals surface area contributed by atoms with E-state index in [0.717, 1.165) is 33.5 Å². The van der Waals surface area contributed by atoms with Crippen LogP contribution in [-0.4, -0.2) is 9.38 Å². The Morgan fingerprint density at radius 3 is 2.27 bits per heavy atom. The van der Waals surface area contributed by atoms with Gasteiger partial charge in [-0.2, -0.15) is 0 Å². The van der Waals surface area contributed by atoms with E-state index in [4.69, 9.17) is 4.42 Å². The maximum atomic E-state index is 6.00. The van der Waals surface area contributed by atoms with Gasteiger partial charge in [0.05, 0.1) is 27.6 Å². The van der Waals surface area contributed by atoms with Crippen LogP contribution in [0, 0.1) is 0 Å². The minimum absolute atomic E-state index is 0.104. The molecule has 1 aliphatic rings. The number of oxazole rings is 1. The minimum Gasteiger partial charge on any atom is -0.443 e. The monoisotopic (exact) mass is 615 g/mol. The standard InChI is InChI=1S/C44H29N3O/c1-44(2)35-15-7-5-13-30(35)31-20-18-28(23-36(31)44)46(38-17-9-11-26-10-3-4-12-29(26)38)27-19-21-40-33(22-27)34-24-37-43(48-25-45-37)41-32-14-6-8-16-39(32)47(40)42(34)41/h3-25H,1-2H3. The Bertz CT molecular complexity index is 2940. The van der Waals surface area contributed by atoms with Crippen LogP contribution < -0.4 is 4.90 Å². The molecule has 7 aromatic carbocycles. The summed E-state index contributed by atoms with van der Waals surface area (Å²) in [6.45, 7) is 4.70. The molecule has 4 nitrogen and oxygen atoms in total. The Kier molecular flexibility index (Phi) is 4.88. The van der Waals surface area contributed by atoms with Crippen molar-refractivity contribution in [1.82, 2.24) is 9.38 Å². The molecule has 4 heteroatoms. The number of nitrogens with zero attached hydrogens (tertiary/aromatic N) is 3. The van der Waals surface area contributed by atoms with Gasteiger partial charge in [-0.15, -0.1) is 0 Å². The molecule has 0 N–H and O–H groups in total. The van der Waals surface area contributed by atoms with Crippen LogP contribution in [-0.2, 0) is 5.41 Å². The molecular formula is C44H29N3O. The van der Waals surface area contributed by atoms with Gasteiger partial charge in [0.1, 0.15) is 5.52 Å². The Hall–Kier alpha value is -6.13. The largest absolute Gasteiger partial charge is 0.443 e. The topological polar surface area (TPSA) is 33.7 Å². The van der Waals surface area contributed by atoms with Crippen LogP contribution in [0.1, 0.15) is 25.0 Å². The van der Waals surface area contributed by atoms with Gasteiger partial charge in [0.2, 0.25) is 0 Å². The lowest BCUT2D eigenvalue weighted by molar-refractivity contribution is 0.605. The average molecular weight is 616 g/mol. The maximum absolute atomic E-state index is 6.00. The molecule has 11 rings (SSSR count). The molecule has 0 saturated heterocycles. The zero-order valence-electron chi connectivity index (χ0n) is 26.5. The first kappa shape index (κ1) is 26.0. The van der Waals surface area contributed by atoms with E-state index in [-0.39, 0.29) is 5.41 Å². The third-order valence-corrected chi connectivity index (χ3v) is 10.8. The van der Waals surface area contributed by atoms with E-state index in [0.29, 0.717) is 0 Å². The van der Waals surface area contributed by atoms with E-state index in [1.54, 1.807) is 6.39 Å². The van der Waals surface area contributed by atoms with E-state index >= 15 is 0 Å². The summed E-state index contributed by atoms with van der Waals surface area (Å²) in [6, 6.07) is 48.9. The first-order valence-electron chi connectivity index (χ1n) is 16.5. The molecule has 10 aromatic rings. The Morgan fingerprint density at radius 2 is 1.33 bits per heavy atom. The van der Waals surface area contributed by atoms with Gasteiger partial charge in [-0.25, -0.2) is 4.98 Å². The van der Waals surface area contributed by atoms with Crippen molar-refractivity contribution < 1.29 is 4.42 Å². The first-order chi connectivity index (χ1) is 23.6. The Balaban J connectivity index is 1.22. The van der Waals surface area contributed by atoms with E-state index in [1.807, 2.05) is 0 Å². The summed E-state index contributed by atoms with van der Waals surface area (Å²) >= 11 is 0. The molecule has 0 radical (unpaired) electrons. The van der Waals surface area contributed by atoms with Crippen LogP contribution in [0.4, 0.5) is 17.1 Å². The summed E-state index contributed by atoms with van der Waals surface area (Å²) in [5.74, 6) is 0. The molecular weight excluding hydrogens is 587 g/mol.